The number of hydrogen-bond donors (Lipinski definition) is 1. The first-order valence-electron chi connectivity index (χ1n) is 8.44. The van der Waals surface area contributed by atoms with Gasteiger partial charge in [0.15, 0.2) is 0 Å². The van der Waals surface area contributed by atoms with Crippen molar-refractivity contribution in [1.82, 2.24) is 10.2 Å². The van der Waals surface area contributed by atoms with Crippen molar-refractivity contribution in [3.05, 3.63) is 0 Å². The van der Waals surface area contributed by atoms with Gasteiger partial charge in [-0.15, -0.1) is 0 Å². The van der Waals surface area contributed by atoms with Crippen molar-refractivity contribution in [3.63, 3.8) is 0 Å². The smallest absolute Gasteiger partial charge is 0.249 e. The van der Waals surface area contributed by atoms with Crippen LogP contribution in [0, 0.1) is 5.92 Å². The van der Waals surface area contributed by atoms with Crippen LogP contribution in [-0.4, -0.2) is 47.6 Å². The fraction of sp³-hybridized carbons (Fsp3) is 0.875. The Bertz CT molecular complexity index is 448. The predicted molar refractivity (Wildman–Crippen MR) is 76.5 cm³/mol. The summed E-state index contributed by atoms with van der Waals surface area (Å²) in [5.41, 5.74) is -0.596. The molecule has 4 rings (SSSR count). The topological polar surface area (TPSA) is 58.6 Å². The lowest BCUT2D eigenvalue weighted by Crippen LogP contribution is -2.70. The second-order valence-corrected chi connectivity index (χ2v) is 7.15. The number of rotatable bonds is 3. The first kappa shape index (κ1) is 13.6. The fourth-order valence-corrected chi connectivity index (χ4v) is 4.31. The zero-order valence-corrected chi connectivity index (χ0v) is 12.5. The molecule has 0 aromatic heterocycles. The molecule has 5 nitrogen and oxygen atoms in total. The molecule has 2 saturated heterocycles. The molecule has 0 aromatic carbocycles. The second kappa shape index (κ2) is 4.97. The van der Waals surface area contributed by atoms with Gasteiger partial charge in [-0.1, -0.05) is 12.8 Å². The highest BCUT2D eigenvalue weighted by Gasteiger charge is 2.55. The molecule has 0 radical (unpaired) electrons. The van der Waals surface area contributed by atoms with Crippen LogP contribution >= 0.6 is 0 Å². The largest absolute Gasteiger partial charge is 0.376 e. The molecule has 1 N–H and O–H groups in total. The number of ether oxygens (including phenoxy) is 1. The maximum atomic E-state index is 13.1. The zero-order valence-electron chi connectivity index (χ0n) is 12.5. The summed E-state index contributed by atoms with van der Waals surface area (Å²) in [6.07, 6.45) is 8.02. The molecule has 0 aromatic rings. The summed E-state index contributed by atoms with van der Waals surface area (Å²) in [6, 6.07) is -0.243. The van der Waals surface area contributed by atoms with E-state index in [4.69, 9.17) is 4.74 Å². The van der Waals surface area contributed by atoms with Gasteiger partial charge in [0.25, 0.3) is 0 Å². The molecule has 1 spiro atoms. The number of nitrogens with one attached hydrogen (secondary N) is 1. The molecule has 2 atom stereocenters. The Kier molecular flexibility index (Phi) is 3.21. The Labute approximate surface area is 125 Å². The van der Waals surface area contributed by atoms with E-state index in [0.717, 1.165) is 58.0 Å². The zero-order chi connectivity index (χ0) is 14.4. The van der Waals surface area contributed by atoms with Crippen LogP contribution in [-0.2, 0) is 14.3 Å². The molecule has 2 aliphatic carbocycles. The van der Waals surface area contributed by atoms with Crippen molar-refractivity contribution in [1.29, 1.82) is 0 Å². The highest BCUT2D eigenvalue weighted by Crippen LogP contribution is 2.42. The van der Waals surface area contributed by atoms with Crippen molar-refractivity contribution < 1.29 is 14.3 Å². The summed E-state index contributed by atoms with van der Waals surface area (Å²) >= 11 is 0. The van der Waals surface area contributed by atoms with E-state index in [9.17, 15) is 9.59 Å². The third-order valence-electron chi connectivity index (χ3n) is 5.59. The van der Waals surface area contributed by atoms with Crippen molar-refractivity contribution in [2.75, 3.05) is 13.2 Å². The first-order chi connectivity index (χ1) is 10.2. The van der Waals surface area contributed by atoms with E-state index >= 15 is 0 Å². The van der Waals surface area contributed by atoms with Gasteiger partial charge >= 0.3 is 0 Å². The minimum atomic E-state index is -0.596. The Hall–Kier alpha value is -1.10. The highest BCUT2D eigenvalue weighted by molar-refractivity contribution is 6.00. The minimum absolute atomic E-state index is 0.0806. The van der Waals surface area contributed by atoms with Gasteiger partial charge in [-0.05, 0) is 44.4 Å². The van der Waals surface area contributed by atoms with E-state index in [2.05, 4.69) is 5.32 Å². The lowest BCUT2D eigenvalue weighted by molar-refractivity contribution is -0.157. The van der Waals surface area contributed by atoms with Crippen LogP contribution in [0.2, 0.25) is 0 Å². The van der Waals surface area contributed by atoms with Crippen LogP contribution < -0.4 is 5.32 Å². The Morgan fingerprint density at radius 1 is 1.14 bits per heavy atom. The number of amides is 2. The van der Waals surface area contributed by atoms with Crippen molar-refractivity contribution >= 4 is 11.8 Å². The van der Waals surface area contributed by atoms with E-state index in [1.807, 2.05) is 4.90 Å². The molecule has 4 fully saturated rings. The number of nitrogens with zero attached hydrogens (tertiary/aromatic N) is 1. The maximum Gasteiger partial charge on any atom is 0.249 e. The Morgan fingerprint density at radius 2 is 1.90 bits per heavy atom. The summed E-state index contributed by atoms with van der Waals surface area (Å²) in [4.78, 5) is 27.6. The maximum absolute atomic E-state index is 13.1. The average Bonchev–Trinajstić information content (AvgIpc) is 2.98. The summed E-state index contributed by atoms with van der Waals surface area (Å²) in [5, 5.41) is 3.10. The minimum Gasteiger partial charge on any atom is -0.376 e. The molecule has 21 heavy (non-hydrogen) atoms. The first-order valence-corrected chi connectivity index (χ1v) is 8.44. The SMILES string of the molecule is O=C1NC2(CCCC2)C(=O)N(CC2CCCO2)C1C1CC1. The predicted octanol–water partition coefficient (Wildman–Crippen LogP) is 1.22. The van der Waals surface area contributed by atoms with Crippen molar-refractivity contribution in [2.24, 2.45) is 5.92 Å². The van der Waals surface area contributed by atoms with Gasteiger partial charge in [-0.2, -0.15) is 0 Å². The van der Waals surface area contributed by atoms with Gasteiger partial charge in [0.2, 0.25) is 11.8 Å². The number of piperazine rings is 1. The lowest BCUT2D eigenvalue weighted by Gasteiger charge is -2.45. The molecule has 2 saturated carbocycles. The van der Waals surface area contributed by atoms with E-state index < -0.39 is 5.54 Å². The molecule has 5 heteroatoms. The number of hydrogen-bond acceptors (Lipinski definition) is 3. The van der Waals surface area contributed by atoms with Gasteiger partial charge in [0.1, 0.15) is 11.6 Å². The highest BCUT2D eigenvalue weighted by atomic mass is 16.5. The molecule has 2 unspecified atom stereocenters. The summed E-state index contributed by atoms with van der Waals surface area (Å²) in [7, 11) is 0. The van der Waals surface area contributed by atoms with Crippen LogP contribution in [0.1, 0.15) is 51.4 Å². The monoisotopic (exact) mass is 292 g/mol. The lowest BCUT2D eigenvalue weighted by atomic mass is 9.89. The summed E-state index contributed by atoms with van der Waals surface area (Å²) in [6.45, 7) is 1.40. The second-order valence-electron chi connectivity index (χ2n) is 7.15. The van der Waals surface area contributed by atoms with Gasteiger partial charge in [-0.25, -0.2) is 0 Å². The van der Waals surface area contributed by atoms with Gasteiger partial charge in [0, 0.05) is 13.2 Å². The van der Waals surface area contributed by atoms with E-state index in [-0.39, 0.29) is 24.0 Å². The number of carbonyl (C=O) groups excluding carboxylic acids is 2. The van der Waals surface area contributed by atoms with Crippen molar-refractivity contribution in [2.45, 2.75) is 69.1 Å². The standard InChI is InChI=1S/C16H24N2O3/c19-14-13(11-5-6-11)18(10-12-4-3-9-21-12)15(20)16(17-14)7-1-2-8-16/h11-13H,1-10H2,(H,17,19). The molecule has 2 heterocycles. The molecule has 0 bridgehead atoms. The third-order valence-corrected chi connectivity index (χ3v) is 5.59. The van der Waals surface area contributed by atoms with Gasteiger partial charge < -0.3 is 15.0 Å². The third kappa shape index (κ3) is 2.26. The molecular formula is C16H24N2O3. The van der Waals surface area contributed by atoms with E-state index in [0.29, 0.717) is 12.5 Å². The van der Waals surface area contributed by atoms with Gasteiger partial charge in [-0.3, -0.25) is 9.59 Å². The average molecular weight is 292 g/mol. The molecule has 116 valence electrons. The Balaban J connectivity index is 1.59. The fourth-order valence-electron chi connectivity index (χ4n) is 4.31. The normalized spacial score (nSPS) is 35.5. The van der Waals surface area contributed by atoms with E-state index in [1.54, 1.807) is 0 Å². The molecule has 4 aliphatic rings. The van der Waals surface area contributed by atoms with E-state index in [1.165, 1.54) is 0 Å². The van der Waals surface area contributed by atoms with Crippen LogP contribution in [0.25, 0.3) is 0 Å². The van der Waals surface area contributed by atoms with Crippen LogP contribution in [0.3, 0.4) is 0 Å². The molecule has 2 amide bonds. The summed E-state index contributed by atoms with van der Waals surface area (Å²) < 4.78 is 5.71. The summed E-state index contributed by atoms with van der Waals surface area (Å²) in [5.74, 6) is 0.609. The van der Waals surface area contributed by atoms with Crippen LogP contribution in [0.4, 0.5) is 0 Å². The van der Waals surface area contributed by atoms with Gasteiger partial charge in [0.05, 0.1) is 6.10 Å². The number of carbonyl (C=O) groups is 2. The van der Waals surface area contributed by atoms with Crippen LogP contribution in [0.5, 0.6) is 0 Å². The molecule has 2 aliphatic heterocycles. The quantitative estimate of drug-likeness (QED) is 0.851. The van der Waals surface area contributed by atoms with Crippen molar-refractivity contribution in [3.8, 4) is 0 Å². The molecular weight excluding hydrogens is 268 g/mol. The Morgan fingerprint density at radius 3 is 2.52 bits per heavy atom. The van der Waals surface area contributed by atoms with Crippen LogP contribution in [0.15, 0.2) is 0 Å².